The van der Waals surface area contributed by atoms with Crippen LogP contribution in [0, 0.1) is 0 Å². The van der Waals surface area contributed by atoms with Crippen LogP contribution in [0.2, 0.25) is 0 Å². The molecule has 0 heterocycles. The molecule has 0 aromatic rings. The molecule has 0 radical (unpaired) electrons. The Labute approximate surface area is 100 Å². The zero-order chi connectivity index (χ0) is 11.6. The molecule has 0 aliphatic heterocycles. The summed E-state index contributed by atoms with van der Waals surface area (Å²) in [6.45, 7) is 14.9. The van der Waals surface area contributed by atoms with Gasteiger partial charge >= 0.3 is 0 Å². The van der Waals surface area contributed by atoms with Gasteiger partial charge in [-0.3, -0.25) is 0 Å². The molecule has 0 N–H and O–H groups in total. The molecule has 15 heavy (non-hydrogen) atoms. The summed E-state index contributed by atoms with van der Waals surface area (Å²) >= 11 is 0. The molecular weight excluding hydrogens is 237 g/mol. The van der Waals surface area contributed by atoms with Crippen molar-refractivity contribution in [2.24, 2.45) is 0 Å². The van der Waals surface area contributed by atoms with Crippen LogP contribution in [0.4, 0.5) is 0 Å². The fourth-order valence-corrected chi connectivity index (χ4v) is 7.05. The third-order valence-electron chi connectivity index (χ3n) is 3.82. The van der Waals surface area contributed by atoms with E-state index in [9.17, 15) is 0 Å². The van der Waals surface area contributed by atoms with Gasteiger partial charge in [0.05, 0.1) is 0 Å². The maximum Gasteiger partial charge on any atom is -0.0202 e. The Kier molecular flexibility index (Phi) is 6.01. The molecule has 0 spiro atoms. The lowest BCUT2D eigenvalue weighted by molar-refractivity contribution is 0.527. The summed E-state index contributed by atoms with van der Waals surface area (Å²) in [5.41, 5.74) is 3.25. The molecule has 3 heteroatoms. The van der Waals surface area contributed by atoms with Gasteiger partial charge < -0.3 is 0 Å². The van der Waals surface area contributed by atoms with Crippen molar-refractivity contribution in [3.63, 3.8) is 0 Å². The zero-order valence-electron chi connectivity index (χ0n) is 11.2. The van der Waals surface area contributed by atoms with E-state index < -0.39 is 0 Å². The summed E-state index contributed by atoms with van der Waals surface area (Å²) in [6.07, 6.45) is 4.66. The lowest BCUT2D eigenvalue weighted by Gasteiger charge is -2.40. The molecule has 0 saturated heterocycles. The predicted octanol–water partition coefficient (Wildman–Crippen LogP) is 4.50. The highest BCUT2D eigenvalue weighted by molar-refractivity contribution is 7.59. The molecule has 1 aliphatic rings. The van der Waals surface area contributed by atoms with Crippen molar-refractivity contribution < 1.29 is 0 Å². The first-order valence-electron chi connectivity index (χ1n) is 5.91. The Morgan fingerprint density at radius 1 is 0.533 bits per heavy atom. The molecule has 1 saturated carbocycles. The number of rotatable bonds is 3. The molecule has 0 aromatic carbocycles. The summed E-state index contributed by atoms with van der Waals surface area (Å²) < 4.78 is 0. The van der Waals surface area contributed by atoms with Crippen LogP contribution in [0.1, 0.15) is 19.3 Å². The summed E-state index contributed by atoms with van der Waals surface area (Å²) in [6, 6.07) is 0. The van der Waals surface area contributed by atoms with E-state index in [0.29, 0.717) is 23.8 Å². The van der Waals surface area contributed by atoms with Gasteiger partial charge in [0.15, 0.2) is 0 Å². The molecule has 1 aliphatic carbocycles. The molecule has 0 nitrogen and oxygen atoms in total. The Bertz CT molecular complexity index is 150. The lowest BCUT2D eigenvalue weighted by Crippen LogP contribution is -2.30. The second-order valence-electron chi connectivity index (χ2n) is 5.56. The van der Waals surface area contributed by atoms with E-state index in [1.165, 1.54) is 0 Å². The van der Waals surface area contributed by atoms with Crippen LogP contribution in [0.15, 0.2) is 0 Å². The fourth-order valence-electron chi connectivity index (χ4n) is 2.50. The molecule has 0 aromatic heterocycles. The van der Waals surface area contributed by atoms with E-state index in [-0.39, 0.29) is 0 Å². The van der Waals surface area contributed by atoms with Crippen molar-refractivity contribution in [2.45, 2.75) is 36.2 Å². The third kappa shape index (κ3) is 4.22. The highest BCUT2D eigenvalue weighted by Gasteiger charge is 2.32. The van der Waals surface area contributed by atoms with Gasteiger partial charge in [-0.05, 0) is 76.2 Å². The van der Waals surface area contributed by atoms with Gasteiger partial charge in [0.25, 0.3) is 0 Å². The molecule has 0 atom stereocenters. The zero-order valence-corrected chi connectivity index (χ0v) is 13.9. The molecule has 1 rings (SSSR count). The molecule has 1 fully saturated rings. The Morgan fingerprint density at radius 2 is 0.733 bits per heavy atom. The first-order valence-corrected chi connectivity index (χ1v) is 12.8. The van der Waals surface area contributed by atoms with Gasteiger partial charge in [0, 0.05) is 0 Å². The SMILES string of the molecule is CP(C)C1CC(P(C)C)CC(P(C)C)C1. The van der Waals surface area contributed by atoms with Crippen molar-refractivity contribution in [1.29, 1.82) is 0 Å². The van der Waals surface area contributed by atoms with Gasteiger partial charge in [0.1, 0.15) is 0 Å². The molecular formula is C12H27P3. The van der Waals surface area contributed by atoms with E-state index in [1.54, 1.807) is 19.3 Å². The van der Waals surface area contributed by atoms with E-state index >= 15 is 0 Å². The number of hydrogen-bond acceptors (Lipinski definition) is 0. The molecule has 0 unspecified atom stereocenters. The van der Waals surface area contributed by atoms with Crippen LogP contribution in [0.25, 0.3) is 0 Å². The minimum atomic E-state index is 0.299. The quantitative estimate of drug-likeness (QED) is 0.658. The summed E-state index contributed by atoms with van der Waals surface area (Å²) in [4.78, 5) is 0. The van der Waals surface area contributed by atoms with Crippen molar-refractivity contribution >= 4 is 23.8 Å². The van der Waals surface area contributed by atoms with Crippen molar-refractivity contribution in [3.8, 4) is 0 Å². The Balaban J connectivity index is 2.64. The topological polar surface area (TPSA) is 0 Å². The van der Waals surface area contributed by atoms with Crippen LogP contribution >= 0.6 is 23.8 Å². The van der Waals surface area contributed by atoms with Crippen LogP contribution in [-0.2, 0) is 0 Å². The largest absolute Gasteiger partial charge is 0.110 e. The first kappa shape index (κ1) is 14.4. The number of hydrogen-bond donors (Lipinski definition) is 0. The third-order valence-corrected chi connectivity index (χ3v) is 9.47. The van der Waals surface area contributed by atoms with Gasteiger partial charge in [0.2, 0.25) is 0 Å². The summed E-state index contributed by atoms with van der Waals surface area (Å²) in [5.74, 6) is 0. The molecule has 90 valence electrons. The highest BCUT2D eigenvalue weighted by atomic mass is 31.1. The maximum atomic E-state index is 2.49. The molecule has 0 bridgehead atoms. The van der Waals surface area contributed by atoms with E-state index in [2.05, 4.69) is 40.0 Å². The van der Waals surface area contributed by atoms with Crippen LogP contribution < -0.4 is 0 Å². The predicted molar refractivity (Wildman–Crippen MR) is 81.5 cm³/mol. The van der Waals surface area contributed by atoms with E-state index in [4.69, 9.17) is 0 Å². The van der Waals surface area contributed by atoms with Gasteiger partial charge in [-0.1, -0.05) is 0 Å². The molecule has 0 amide bonds. The average Bonchev–Trinajstić information content (AvgIpc) is 2.16. The van der Waals surface area contributed by atoms with Crippen molar-refractivity contribution in [3.05, 3.63) is 0 Å². The minimum absolute atomic E-state index is 0.299. The van der Waals surface area contributed by atoms with E-state index in [1.807, 2.05) is 0 Å². The van der Waals surface area contributed by atoms with Crippen LogP contribution in [0.5, 0.6) is 0 Å². The van der Waals surface area contributed by atoms with Crippen molar-refractivity contribution in [1.82, 2.24) is 0 Å². The first-order chi connectivity index (χ1) is 6.91. The fraction of sp³-hybridized carbons (Fsp3) is 1.00. The Morgan fingerprint density at radius 3 is 0.867 bits per heavy atom. The normalized spacial score (nSPS) is 33.0. The minimum Gasteiger partial charge on any atom is -0.110 e. The standard InChI is InChI=1S/C12H27P3/c1-13(2)10-7-11(14(3)4)9-12(8-10)15(5)6/h10-12H,7-9H2,1-6H3. The van der Waals surface area contributed by atoms with Crippen molar-refractivity contribution in [2.75, 3.05) is 40.0 Å². The van der Waals surface area contributed by atoms with Gasteiger partial charge in [-0.25, -0.2) is 0 Å². The second-order valence-corrected chi connectivity index (χ2v) is 13.5. The van der Waals surface area contributed by atoms with Gasteiger partial charge in [-0.2, -0.15) is 0 Å². The van der Waals surface area contributed by atoms with Crippen LogP contribution in [-0.4, -0.2) is 57.0 Å². The Hall–Kier alpha value is 1.29. The maximum absolute atomic E-state index is 2.49. The lowest BCUT2D eigenvalue weighted by atomic mass is 9.99. The van der Waals surface area contributed by atoms with E-state index in [0.717, 1.165) is 17.0 Å². The average molecular weight is 264 g/mol. The van der Waals surface area contributed by atoms with Gasteiger partial charge in [-0.15, -0.1) is 23.8 Å². The summed E-state index contributed by atoms with van der Waals surface area (Å²) in [7, 11) is 0.898. The highest BCUT2D eigenvalue weighted by Crippen LogP contribution is 2.54. The smallest absolute Gasteiger partial charge is 0.0202 e. The second kappa shape index (κ2) is 6.28. The van der Waals surface area contributed by atoms with Crippen LogP contribution in [0.3, 0.4) is 0 Å². The summed E-state index contributed by atoms with van der Waals surface area (Å²) in [5, 5.41) is 0. The monoisotopic (exact) mass is 264 g/mol.